The third-order valence-electron chi connectivity index (χ3n) is 2.05. The van der Waals surface area contributed by atoms with Crippen LogP contribution in [0.5, 0.6) is 0 Å². The molecule has 0 heterocycles. The average molecular weight is 167 g/mol. The van der Waals surface area contributed by atoms with Crippen molar-refractivity contribution >= 4 is 5.71 Å². The third-order valence-corrected chi connectivity index (χ3v) is 2.05. The highest BCUT2D eigenvalue weighted by Crippen LogP contribution is 2.08. The van der Waals surface area contributed by atoms with E-state index in [0.717, 1.165) is 18.6 Å². The minimum absolute atomic E-state index is 0.471. The second-order valence-corrected chi connectivity index (χ2v) is 3.48. The first-order valence-corrected chi connectivity index (χ1v) is 4.89. The molecule has 1 N–H and O–H groups in total. The molecule has 0 aromatic rings. The number of rotatable bonds is 7. The Balaban J connectivity index is 3.39. The fourth-order valence-corrected chi connectivity index (χ4v) is 1.16. The van der Waals surface area contributed by atoms with E-state index in [9.17, 15) is 0 Å². The van der Waals surface area contributed by atoms with Gasteiger partial charge in [0.2, 0.25) is 0 Å². The molecule has 0 aliphatic heterocycles. The molecule has 0 saturated heterocycles. The molecule has 0 radical (unpaired) electrons. The maximum atomic E-state index is 7.65. The number of nitrogens with one attached hydrogen (secondary N) is 1. The molecule has 0 amide bonds. The predicted octanol–water partition coefficient (Wildman–Crippen LogP) is 3.80. The van der Waals surface area contributed by atoms with Crippen molar-refractivity contribution in [1.82, 2.24) is 0 Å². The second kappa shape index (κ2) is 7.08. The molecule has 70 valence electrons. The largest absolute Gasteiger partial charge is 0.310 e. The highest BCUT2D eigenvalue weighted by atomic mass is 14.4. The first kappa shape index (κ1) is 11.4. The van der Waals surface area contributed by atoms with Crippen LogP contribution in [-0.2, 0) is 0 Å². The number of allylic oxidation sites excluding steroid dienone is 1. The smallest absolute Gasteiger partial charge is 0.00949 e. The van der Waals surface area contributed by atoms with Gasteiger partial charge < -0.3 is 5.41 Å². The molecule has 0 fully saturated rings. The molecule has 0 spiro atoms. The zero-order valence-electron chi connectivity index (χ0n) is 8.40. The van der Waals surface area contributed by atoms with Gasteiger partial charge in [0.05, 0.1) is 0 Å². The fraction of sp³-hybridized carbons (Fsp3) is 0.727. The van der Waals surface area contributed by atoms with Crippen LogP contribution in [0.3, 0.4) is 0 Å². The van der Waals surface area contributed by atoms with Gasteiger partial charge in [-0.2, -0.15) is 0 Å². The van der Waals surface area contributed by atoms with Gasteiger partial charge in [-0.15, -0.1) is 6.58 Å². The topological polar surface area (TPSA) is 23.9 Å². The molecule has 0 bridgehead atoms. The van der Waals surface area contributed by atoms with Gasteiger partial charge in [-0.1, -0.05) is 32.8 Å². The monoisotopic (exact) mass is 167 g/mol. The fourth-order valence-electron chi connectivity index (χ4n) is 1.16. The third kappa shape index (κ3) is 6.14. The molecule has 0 aromatic carbocycles. The van der Waals surface area contributed by atoms with E-state index in [4.69, 9.17) is 5.41 Å². The van der Waals surface area contributed by atoms with Crippen molar-refractivity contribution < 1.29 is 0 Å². The SMILES string of the molecule is C=CC(C)CC(=N)CCCCC. The normalized spacial score (nSPS) is 12.5. The summed E-state index contributed by atoms with van der Waals surface area (Å²) in [6.45, 7) is 8.02. The van der Waals surface area contributed by atoms with Gasteiger partial charge in [0, 0.05) is 5.71 Å². The average Bonchev–Trinajstić information content (AvgIpc) is 2.05. The zero-order chi connectivity index (χ0) is 9.40. The van der Waals surface area contributed by atoms with Crippen LogP contribution in [0.15, 0.2) is 12.7 Å². The van der Waals surface area contributed by atoms with Crippen LogP contribution in [0.2, 0.25) is 0 Å². The van der Waals surface area contributed by atoms with Crippen molar-refractivity contribution in [2.45, 2.75) is 46.0 Å². The second-order valence-electron chi connectivity index (χ2n) is 3.48. The lowest BCUT2D eigenvalue weighted by molar-refractivity contribution is 0.708. The summed E-state index contributed by atoms with van der Waals surface area (Å²) >= 11 is 0. The first-order chi connectivity index (χ1) is 5.70. The molecule has 0 rings (SSSR count). The van der Waals surface area contributed by atoms with Crippen LogP contribution in [0.1, 0.15) is 46.0 Å². The quantitative estimate of drug-likeness (QED) is 0.339. The van der Waals surface area contributed by atoms with E-state index in [1.54, 1.807) is 0 Å². The molecule has 0 saturated carbocycles. The number of unbranched alkanes of at least 4 members (excludes halogenated alkanes) is 2. The first-order valence-electron chi connectivity index (χ1n) is 4.89. The summed E-state index contributed by atoms with van der Waals surface area (Å²) in [7, 11) is 0. The van der Waals surface area contributed by atoms with Crippen LogP contribution >= 0.6 is 0 Å². The Hall–Kier alpha value is -0.590. The van der Waals surface area contributed by atoms with E-state index in [0.29, 0.717) is 5.92 Å². The van der Waals surface area contributed by atoms with Gasteiger partial charge in [0.1, 0.15) is 0 Å². The molecule has 1 unspecified atom stereocenters. The van der Waals surface area contributed by atoms with Gasteiger partial charge in [-0.3, -0.25) is 0 Å². The molecule has 1 nitrogen and oxygen atoms in total. The summed E-state index contributed by atoms with van der Waals surface area (Å²) in [5.41, 5.74) is 0.885. The minimum atomic E-state index is 0.471. The summed E-state index contributed by atoms with van der Waals surface area (Å²) in [6, 6.07) is 0. The Labute approximate surface area is 76.4 Å². The van der Waals surface area contributed by atoms with Crippen molar-refractivity contribution in [2.75, 3.05) is 0 Å². The van der Waals surface area contributed by atoms with Gasteiger partial charge in [-0.25, -0.2) is 0 Å². The highest BCUT2D eigenvalue weighted by molar-refractivity contribution is 5.81. The summed E-state index contributed by atoms with van der Waals surface area (Å²) in [6.07, 6.45) is 7.47. The molecule has 1 heteroatoms. The van der Waals surface area contributed by atoms with Crippen molar-refractivity contribution in [1.29, 1.82) is 5.41 Å². The molecular formula is C11H21N. The summed E-state index contributed by atoms with van der Waals surface area (Å²) in [4.78, 5) is 0. The number of hydrogen-bond donors (Lipinski definition) is 1. The van der Waals surface area contributed by atoms with Crippen LogP contribution in [0, 0.1) is 11.3 Å². The molecule has 0 aliphatic carbocycles. The molecular weight excluding hydrogens is 146 g/mol. The van der Waals surface area contributed by atoms with Crippen LogP contribution in [0.4, 0.5) is 0 Å². The molecule has 1 atom stereocenters. The highest BCUT2D eigenvalue weighted by Gasteiger charge is 2.01. The van der Waals surface area contributed by atoms with Crippen LogP contribution in [-0.4, -0.2) is 5.71 Å². The van der Waals surface area contributed by atoms with E-state index in [1.165, 1.54) is 19.3 Å². The van der Waals surface area contributed by atoms with E-state index in [1.807, 2.05) is 6.08 Å². The van der Waals surface area contributed by atoms with Crippen LogP contribution < -0.4 is 0 Å². The maximum Gasteiger partial charge on any atom is 0.00949 e. The standard InChI is InChI=1S/C11H21N/c1-4-6-7-8-11(12)9-10(3)5-2/h5,10,12H,2,4,6-9H2,1,3H3. The molecule has 0 aromatic heterocycles. The van der Waals surface area contributed by atoms with E-state index in [-0.39, 0.29) is 0 Å². The van der Waals surface area contributed by atoms with Crippen molar-refractivity contribution in [3.63, 3.8) is 0 Å². The molecule has 12 heavy (non-hydrogen) atoms. The molecule has 0 aliphatic rings. The summed E-state index contributed by atoms with van der Waals surface area (Å²) in [5.74, 6) is 0.471. The van der Waals surface area contributed by atoms with E-state index >= 15 is 0 Å². The van der Waals surface area contributed by atoms with Crippen LogP contribution in [0.25, 0.3) is 0 Å². The maximum absolute atomic E-state index is 7.65. The van der Waals surface area contributed by atoms with Gasteiger partial charge in [0.15, 0.2) is 0 Å². The Morgan fingerprint density at radius 2 is 2.17 bits per heavy atom. The van der Waals surface area contributed by atoms with Gasteiger partial charge in [-0.05, 0) is 25.2 Å². The van der Waals surface area contributed by atoms with Crippen molar-refractivity contribution in [3.05, 3.63) is 12.7 Å². The predicted molar refractivity (Wildman–Crippen MR) is 55.8 cm³/mol. The van der Waals surface area contributed by atoms with Gasteiger partial charge >= 0.3 is 0 Å². The summed E-state index contributed by atoms with van der Waals surface area (Å²) < 4.78 is 0. The van der Waals surface area contributed by atoms with Crippen molar-refractivity contribution in [3.8, 4) is 0 Å². The Morgan fingerprint density at radius 1 is 1.50 bits per heavy atom. The summed E-state index contributed by atoms with van der Waals surface area (Å²) in [5, 5.41) is 7.65. The number of hydrogen-bond acceptors (Lipinski definition) is 1. The zero-order valence-corrected chi connectivity index (χ0v) is 8.40. The lowest BCUT2D eigenvalue weighted by Gasteiger charge is -2.06. The van der Waals surface area contributed by atoms with Gasteiger partial charge in [0.25, 0.3) is 0 Å². The minimum Gasteiger partial charge on any atom is -0.310 e. The lowest BCUT2D eigenvalue weighted by atomic mass is 10.0. The lowest BCUT2D eigenvalue weighted by Crippen LogP contribution is -2.02. The Bertz CT molecular complexity index is 138. The van der Waals surface area contributed by atoms with E-state index in [2.05, 4.69) is 20.4 Å². The Morgan fingerprint density at radius 3 is 2.67 bits per heavy atom. The van der Waals surface area contributed by atoms with E-state index < -0.39 is 0 Å². The Kier molecular flexibility index (Phi) is 6.73. The van der Waals surface area contributed by atoms with Crippen molar-refractivity contribution in [2.24, 2.45) is 5.92 Å².